The molecule has 4 aromatic carbocycles. The Balaban J connectivity index is 1.76. The van der Waals surface area contributed by atoms with Gasteiger partial charge >= 0.3 is 0 Å². The summed E-state index contributed by atoms with van der Waals surface area (Å²) in [6, 6.07) is 28.1. The lowest BCUT2D eigenvalue weighted by Crippen LogP contribution is -2.53. The van der Waals surface area contributed by atoms with Gasteiger partial charge < -0.3 is 15.0 Å². The van der Waals surface area contributed by atoms with Gasteiger partial charge in [-0.2, -0.15) is 0 Å². The summed E-state index contributed by atoms with van der Waals surface area (Å²) in [5.41, 5.74) is 1.69. The number of halogens is 1. The maximum atomic E-state index is 14.2. The van der Waals surface area contributed by atoms with Crippen molar-refractivity contribution in [2.45, 2.75) is 23.9 Å². The number of carbonyl (C=O) groups excluding carboxylic acids is 2. The van der Waals surface area contributed by atoms with Gasteiger partial charge in [0.15, 0.2) is 0 Å². The van der Waals surface area contributed by atoms with Crippen LogP contribution in [0.25, 0.3) is 0 Å². The first-order valence-electron chi connectivity index (χ1n) is 13.2. The first kappa shape index (κ1) is 30.3. The molecule has 0 aliphatic carbocycles. The largest absolute Gasteiger partial charge is 0.497 e. The van der Waals surface area contributed by atoms with E-state index in [1.165, 1.54) is 55.5 Å². The van der Waals surface area contributed by atoms with Gasteiger partial charge in [0.25, 0.3) is 10.0 Å². The standard InChI is InChI=1S/C32H32FN3O5S/c1-34-32(38)30(21-24-9-5-3-6-10-24)35(22-25-11-7-4-8-12-25)31(37)23-36(27-15-13-26(33)14-16-27)42(39,40)29-19-17-28(41-2)18-20-29/h3-20,30H,21-23H2,1-2H3,(H,34,38). The lowest BCUT2D eigenvalue weighted by atomic mass is 10.0. The molecule has 0 fully saturated rings. The van der Waals surface area contributed by atoms with Crippen molar-refractivity contribution in [1.29, 1.82) is 0 Å². The average Bonchev–Trinajstić information content (AvgIpc) is 3.02. The van der Waals surface area contributed by atoms with E-state index in [1.807, 2.05) is 60.7 Å². The van der Waals surface area contributed by atoms with Crippen molar-refractivity contribution in [3.05, 3.63) is 126 Å². The van der Waals surface area contributed by atoms with Gasteiger partial charge in [-0.15, -0.1) is 0 Å². The highest BCUT2D eigenvalue weighted by Crippen LogP contribution is 2.26. The SMILES string of the molecule is CNC(=O)C(Cc1ccccc1)N(Cc1ccccc1)C(=O)CN(c1ccc(F)cc1)S(=O)(=O)c1ccc(OC)cc1. The van der Waals surface area contributed by atoms with Crippen molar-refractivity contribution in [3.8, 4) is 5.75 Å². The summed E-state index contributed by atoms with van der Waals surface area (Å²) in [5, 5.41) is 2.65. The number of hydrogen-bond donors (Lipinski definition) is 1. The fourth-order valence-electron chi connectivity index (χ4n) is 4.51. The molecule has 0 bridgehead atoms. The molecule has 0 aliphatic rings. The van der Waals surface area contributed by atoms with Crippen LogP contribution in [0, 0.1) is 5.82 Å². The number of methoxy groups -OCH3 is 1. The molecule has 0 radical (unpaired) electrons. The number of ether oxygens (including phenoxy) is 1. The molecule has 8 nitrogen and oxygen atoms in total. The lowest BCUT2D eigenvalue weighted by molar-refractivity contribution is -0.139. The molecule has 1 N–H and O–H groups in total. The molecule has 0 aliphatic heterocycles. The monoisotopic (exact) mass is 589 g/mol. The Hall–Kier alpha value is -4.70. The first-order valence-corrected chi connectivity index (χ1v) is 14.7. The van der Waals surface area contributed by atoms with Crippen molar-refractivity contribution in [3.63, 3.8) is 0 Å². The van der Waals surface area contributed by atoms with Gasteiger partial charge in [0.05, 0.1) is 17.7 Å². The van der Waals surface area contributed by atoms with E-state index in [2.05, 4.69) is 5.32 Å². The maximum Gasteiger partial charge on any atom is 0.264 e. The van der Waals surface area contributed by atoms with Crippen LogP contribution >= 0.6 is 0 Å². The van der Waals surface area contributed by atoms with Crippen LogP contribution in [0.5, 0.6) is 5.75 Å². The third-order valence-electron chi connectivity index (χ3n) is 6.75. The van der Waals surface area contributed by atoms with Crippen LogP contribution in [0.15, 0.2) is 114 Å². The van der Waals surface area contributed by atoms with Crippen molar-refractivity contribution < 1.29 is 27.1 Å². The third kappa shape index (κ3) is 7.32. The predicted molar refractivity (Wildman–Crippen MR) is 159 cm³/mol. The number of likely N-dealkylation sites (N-methyl/N-ethyl adjacent to an activating group) is 1. The molecule has 0 saturated heterocycles. The molecule has 218 valence electrons. The highest BCUT2D eigenvalue weighted by Gasteiger charge is 2.34. The number of rotatable bonds is 12. The Morgan fingerprint density at radius 3 is 1.95 bits per heavy atom. The molecule has 4 aromatic rings. The summed E-state index contributed by atoms with van der Waals surface area (Å²) in [6.07, 6.45) is 0.209. The van der Waals surface area contributed by atoms with E-state index < -0.39 is 40.2 Å². The topological polar surface area (TPSA) is 96.0 Å². The van der Waals surface area contributed by atoms with Crippen LogP contribution < -0.4 is 14.4 Å². The molecule has 0 aromatic heterocycles. The van der Waals surface area contributed by atoms with Crippen molar-refractivity contribution in [1.82, 2.24) is 10.2 Å². The van der Waals surface area contributed by atoms with E-state index in [9.17, 15) is 22.4 Å². The molecular weight excluding hydrogens is 557 g/mol. The van der Waals surface area contributed by atoms with Crippen molar-refractivity contribution >= 4 is 27.5 Å². The summed E-state index contributed by atoms with van der Waals surface area (Å²) in [4.78, 5) is 28.7. The van der Waals surface area contributed by atoms with Crippen LogP contribution in [-0.4, -0.2) is 51.9 Å². The van der Waals surface area contributed by atoms with E-state index in [4.69, 9.17) is 4.74 Å². The third-order valence-corrected chi connectivity index (χ3v) is 8.54. The molecule has 2 amide bonds. The van der Waals surface area contributed by atoms with Gasteiger partial charge in [-0.1, -0.05) is 60.7 Å². The van der Waals surface area contributed by atoms with Crippen LogP contribution in [0.3, 0.4) is 0 Å². The van der Waals surface area contributed by atoms with E-state index in [0.717, 1.165) is 27.6 Å². The van der Waals surface area contributed by atoms with Crippen LogP contribution in [0.1, 0.15) is 11.1 Å². The Labute approximate surface area is 245 Å². The Kier molecular flexibility index (Phi) is 9.93. The zero-order valence-corrected chi connectivity index (χ0v) is 24.1. The molecule has 42 heavy (non-hydrogen) atoms. The van der Waals surface area contributed by atoms with Gasteiger partial charge in [-0.3, -0.25) is 13.9 Å². The quantitative estimate of drug-likeness (QED) is 0.264. The number of nitrogens with zero attached hydrogens (tertiary/aromatic N) is 2. The van der Waals surface area contributed by atoms with E-state index in [1.54, 1.807) is 0 Å². The number of hydrogen-bond acceptors (Lipinski definition) is 5. The molecule has 0 spiro atoms. The number of nitrogens with one attached hydrogen (secondary N) is 1. The first-order chi connectivity index (χ1) is 20.2. The van der Waals surface area contributed by atoms with Gasteiger partial charge in [0.2, 0.25) is 11.8 Å². The fourth-order valence-corrected chi connectivity index (χ4v) is 5.93. The second-order valence-electron chi connectivity index (χ2n) is 9.49. The summed E-state index contributed by atoms with van der Waals surface area (Å²) in [6.45, 7) is -0.570. The number of sulfonamides is 1. The summed E-state index contributed by atoms with van der Waals surface area (Å²) < 4.78 is 47.8. The van der Waals surface area contributed by atoms with Crippen molar-refractivity contribution in [2.24, 2.45) is 0 Å². The molecule has 1 unspecified atom stereocenters. The number of carbonyl (C=O) groups is 2. The predicted octanol–water partition coefficient (Wildman–Crippen LogP) is 4.42. The number of amides is 2. The molecule has 1 atom stereocenters. The van der Waals surface area contributed by atoms with Gasteiger partial charge in [0, 0.05) is 20.0 Å². The molecule has 4 rings (SSSR count). The smallest absolute Gasteiger partial charge is 0.264 e. The lowest BCUT2D eigenvalue weighted by Gasteiger charge is -2.33. The normalized spacial score (nSPS) is 11.8. The molecule has 10 heteroatoms. The minimum Gasteiger partial charge on any atom is -0.497 e. The summed E-state index contributed by atoms with van der Waals surface area (Å²) >= 11 is 0. The van der Waals surface area contributed by atoms with Crippen LogP contribution in [0.2, 0.25) is 0 Å². The zero-order valence-electron chi connectivity index (χ0n) is 23.3. The second kappa shape index (κ2) is 13.8. The molecular formula is C32H32FN3O5S. The van der Waals surface area contributed by atoms with Gasteiger partial charge in [0.1, 0.15) is 24.2 Å². The van der Waals surface area contributed by atoms with Crippen LogP contribution in [-0.2, 0) is 32.6 Å². The summed E-state index contributed by atoms with van der Waals surface area (Å²) in [5.74, 6) is -1.10. The average molecular weight is 590 g/mol. The Bertz CT molecular complexity index is 1580. The molecule has 0 saturated carbocycles. The molecule has 0 heterocycles. The number of anilines is 1. The van der Waals surface area contributed by atoms with Crippen LogP contribution in [0.4, 0.5) is 10.1 Å². The Morgan fingerprint density at radius 2 is 1.40 bits per heavy atom. The highest BCUT2D eigenvalue weighted by molar-refractivity contribution is 7.92. The van der Waals surface area contributed by atoms with Gasteiger partial charge in [-0.05, 0) is 59.7 Å². The van der Waals surface area contributed by atoms with Crippen molar-refractivity contribution in [2.75, 3.05) is 25.0 Å². The highest BCUT2D eigenvalue weighted by atomic mass is 32.2. The fraction of sp³-hybridized carbons (Fsp3) is 0.188. The minimum atomic E-state index is -4.30. The maximum absolute atomic E-state index is 14.2. The van der Waals surface area contributed by atoms with E-state index >= 15 is 0 Å². The zero-order chi connectivity index (χ0) is 30.1. The van der Waals surface area contributed by atoms with E-state index in [0.29, 0.717) is 5.75 Å². The van der Waals surface area contributed by atoms with Gasteiger partial charge in [-0.25, -0.2) is 12.8 Å². The number of benzene rings is 4. The second-order valence-corrected chi connectivity index (χ2v) is 11.4. The summed E-state index contributed by atoms with van der Waals surface area (Å²) in [7, 11) is -1.34. The minimum absolute atomic E-state index is 0.0600. The Morgan fingerprint density at radius 1 is 0.833 bits per heavy atom. The van der Waals surface area contributed by atoms with E-state index in [-0.39, 0.29) is 23.5 Å².